The van der Waals surface area contributed by atoms with Crippen molar-refractivity contribution < 1.29 is 111 Å². The largest absolute Gasteiger partial charge is 1.00 e. The van der Waals surface area contributed by atoms with Gasteiger partial charge in [-0.25, -0.2) is 44.9 Å². The Morgan fingerprint density at radius 2 is 0.759 bits per heavy atom. The summed E-state index contributed by atoms with van der Waals surface area (Å²) in [6, 6.07) is 21.4. The number of nitrogens with one attached hydrogen (secondary N) is 2. The summed E-state index contributed by atoms with van der Waals surface area (Å²) in [5.41, 5.74) is 7.32. The number of piperazine rings is 2. The van der Waals surface area contributed by atoms with E-state index in [1.165, 1.54) is 53.9 Å². The Balaban J connectivity index is -0.000000294. The van der Waals surface area contributed by atoms with Crippen LogP contribution in [0.3, 0.4) is 0 Å². The molecule has 0 unspecified atom stereocenters. The molecule has 48 heteroatoms. The smallest absolute Gasteiger partial charge is 1.00 e. The molecule has 0 amide bonds. The fourth-order valence-corrected chi connectivity index (χ4v) is 23.2. The van der Waals surface area contributed by atoms with Gasteiger partial charge in [-0.3, -0.25) is 9.80 Å². The number of hydrogen-bond donors (Lipinski definition) is 4. The molecule has 2 aliphatic rings. The molecule has 2 aliphatic heterocycles. The molecule has 11 aromatic rings. The fraction of sp³-hybridized carbons (Fsp3) is 0.426. The Hall–Kier alpha value is 3.67. The predicted molar refractivity (Wildman–Crippen MR) is 538 cm³/mol. The number of nitrogens with two attached hydrogens (primary N) is 1. The second kappa shape index (κ2) is 83.0. The van der Waals surface area contributed by atoms with Crippen LogP contribution in [0.1, 0.15) is 41.7 Å². The van der Waals surface area contributed by atoms with Crippen molar-refractivity contribution in [3.8, 4) is 10.4 Å². The molecule has 11 heterocycles. The van der Waals surface area contributed by atoms with Gasteiger partial charge in [0.1, 0.15) is 6.61 Å². The van der Waals surface area contributed by atoms with Gasteiger partial charge in [0.05, 0.1) is 104 Å². The molecule has 636 valence electrons. The molecule has 2 saturated heterocycles. The number of aromatic nitrogens is 9. The van der Waals surface area contributed by atoms with Crippen molar-refractivity contribution in [2.75, 3.05) is 164 Å². The van der Waals surface area contributed by atoms with Crippen molar-refractivity contribution in [1.29, 1.82) is 0 Å². The number of aliphatic hydroxyl groups excluding tert-OH is 1. The van der Waals surface area contributed by atoms with Gasteiger partial charge in [-0.2, -0.15) is 7.11 Å². The van der Waals surface area contributed by atoms with E-state index in [2.05, 4.69) is 397 Å². The van der Waals surface area contributed by atoms with Crippen LogP contribution in [0.25, 0.3) is 0 Å². The summed E-state index contributed by atoms with van der Waals surface area (Å²) in [5, 5.41) is 26.4. The van der Waals surface area contributed by atoms with Crippen LogP contribution < -0.4 is 129 Å². The first-order valence-corrected chi connectivity index (χ1v) is 51.9. The van der Waals surface area contributed by atoms with E-state index in [4.69, 9.17) is 19.7 Å². The topological polar surface area (TPSA) is 247 Å². The number of thiazole rings is 9. The summed E-state index contributed by atoms with van der Waals surface area (Å²) in [6.07, 6.45) is 16.0. The third kappa shape index (κ3) is 67.8. The molecule has 0 aliphatic carbocycles. The van der Waals surface area contributed by atoms with Crippen LogP contribution in [-0.2, 0) is 13.1 Å². The molecule has 2 fully saturated rings. The maximum absolute atomic E-state index is 8.46. The number of anilines is 2. The molecule has 0 saturated carbocycles. The molecule has 2 aromatic carbocycles. The van der Waals surface area contributed by atoms with E-state index in [0.29, 0.717) is 11.8 Å². The van der Waals surface area contributed by atoms with Crippen LogP contribution in [0.5, 0.6) is 10.4 Å². The van der Waals surface area contributed by atoms with Crippen LogP contribution >= 0.6 is 325 Å². The monoisotopic (exact) mass is 2690 g/mol. The first-order valence-electron chi connectivity index (χ1n) is 33.5. The van der Waals surface area contributed by atoms with Gasteiger partial charge in [-0.05, 0) is 281 Å². The Kier molecular flexibility index (Phi) is 90.2. The van der Waals surface area contributed by atoms with E-state index in [1.54, 1.807) is 136 Å². The number of aliphatic hydroxyl groups is 1. The number of benzene rings is 2. The van der Waals surface area contributed by atoms with Gasteiger partial charge in [-0.1, -0.05) is 134 Å². The van der Waals surface area contributed by atoms with E-state index >= 15 is 0 Å². The number of hydrogen-bond acceptors (Lipinski definition) is 31. The van der Waals surface area contributed by atoms with Gasteiger partial charge in [0.25, 0.3) is 10.4 Å². The maximum atomic E-state index is 8.46. The number of rotatable bonds is 17. The van der Waals surface area contributed by atoms with Crippen LogP contribution in [0.2, 0.25) is 0 Å². The van der Waals surface area contributed by atoms with Crippen molar-refractivity contribution in [3.05, 3.63) is 181 Å². The summed E-state index contributed by atoms with van der Waals surface area (Å²) >= 11 is 59.9. The average Bonchev–Trinajstić information content (AvgIpc) is 1.64. The van der Waals surface area contributed by atoms with Gasteiger partial charge >= 0.3 is 88.7 Å². The zero-order valence-corrected chi connectivity index (χ0v) is 102. The van der Waals surface area contributed by atoms with Crippen LogP contribution in [0, 0.1) is 0 Å². The fourth-order valence-electron chi connectivity index (χ4n) is 7.79. The molecule has 0 atom stereocenters. The SMILES string of the molecule is Brc1cnc(Br)s1.Brc1cnc(Br)s1.Brc1cnc(Br)s1.Brc1cnc(Br)s1.Brc1cnc(Br)s1.Brc1cnc(N2CCN(Cc3ccccc3)CC2)s1.CCN(CC)CCO.CCN(CC)CCOc1ncc(Br)s1.CN.CN(C)c1ncc(Br)s1.CNC.COc1ncc(Br)s1.C[O-].[H-].[H-].[Na+].[Na+].[Na+].c1ccc(CN2CCNCC2)cc1. The summed E-state index contributed by atoms with van der Waals surface area (Å²) in [6.45, 7) is 26.6. The Bertz CT molecular complexity index is 3690. The van der Waals surface area contributed by atoms with Crippen molar-refractivity contribution in [2.45, 2.75) is 40.8 Å². The van der Waals surface area contributed by atoms with Gasteiger partial charge in [0, 0.05) is 92.6 Å². The minimum Gasteiger partial charge on any atom is -1.00 e. The van der Waals surface area contributed by atoms with Crippen LogP contribution in [-0.4, -0.2) is 224 Å². The molecule has 0 spiro atoms. The van der Waals surface area contributed by atoms with Crippen LogP contribution in [0.4, 0.5) is 10.3 Å². The average molecular weight is 2700 g/mol. The predicted octanol–water partition coefficient (Wildman–Crippen LogP) is 14.1. The Labute approximate surface area is 909 Å². The molecular weight excluding hydrogens is 2610 g/mol. The Morgan fingerprint density at radius 1 is 0.448 bits per heavy atom. The van der Waals surface area contributed by atoms with Gasteiger partial charge < -0.3 is 58.5 Å². The van der Waals surface area contributed by atoms with E-state index in [0.717, 1.165) is 168 Å². The molecule has 0 radical (unpaired) electrons. The summed E-state index contributed by atoms with van der Waals surface area (Å²) in [4.78, 5) is 49.9. The van der Waals surface area contributed by atoms with Crippen LogP contribution in [0.15, 0.2) is 170 Å². The molecule has 5 N–H and O–H groups in total. The van der Waals surface area contributed by atoms with Crippen molar-refractivity contribution in [3.63, 3.8) is 0 Å². The van der Waals surface area contributed by atoms with Gasteiger partial charge in [0.15, 0.2) is 29.8 Å². The van der Waals surface area contributed by atoms with Crippen molar-refractivity contribution in [2.24, 2.45) is 5.73 Å². The molecule has 9 aromatic heterocycles. The summed E-state index contributed by atoms with van der Waals surface area (Å²) in [7, 11) is 11.6. The zero-order chi connectivity index (χ0) is 84.7. The number of nitrogens with zero attached hydrogens (tertiary/aromatic N) is 15. The number of halogens is 14. The second-order valence-corrected chi connectivity index (χ2v) is 48.8. The molecule has 116 heavy (non-hydrogen) atoms. The normalized spacial score (nSPS) is 11.4. The standard InChI is InChI=1S/C14H16BrN3S.C11H16N2.C9H15BrN2OS.C6H15NO.C5H7BrN2S.C4H4BrNOS.5C3HBr2NS.C2H7N.CH5N.CH3O.3Na.2H/c15-13-10-16-14(19-13)18-8-6-17(7-9-18)11-12-4-2-1-3-5-12;1-2-4-11(5-3-1)10-13-8-6-12-7-9-13;1-3-12(4-2)5-6-13-9-11-7-8(10)14-9;1-3-7(4-2)5-6-8;1-8(2)5-7-3-4(6)9-5;1-7-4-6-2-3(5)8-4;5*4-2-1-6-3(5)7-2;1-3-2;2*1-2;;;;;/h1-5,10H,6-9,11H2;1-5,12H,6-10H2;7H,3-6H2,1-2H3;8H,3-6H2,1-2H3;3H,1-2H3;2H,1H3;5*1H;3H,1-2H3;2H2,1H3;1H3;;;;;/q;;;;;;;;;;;;;-1;3*+1;2*-1. The van der Waals surface area contributed by atoms with E-state index in [1.807, 2.05) is 39.3 Å². The second-order valence-electron chi connectivity index (χ2n) is 20.8. The Morgan fingerprint density at radius 3 is 1.00 bits per heavy atom. The van der Waals surface area contributed by atoms with Gasteiger partial charge in [0.2, 0.25) is 0 Å². The third-order valence-corrected chi connectivity index (χ3v) is 28.6. The third-order valence-electron chi connectivity index (χ3n) is 12.8. The number of methoxy groups -OCH3 is 1. The van der Waals surface area contributed by atoms with E-state index in [9.17, 15) is 0 Å². The molecule has 22 nitrogen and oxygen atoms in total. The molecule has 13 rings (SSSR count). The molecule has 0 bridgehead atoms. The summed E-state index contributed by atoms with van der Waals surface area (Å²) in [5.74, 6) is 0. The first kappa shape index (κ1) is 126. The molecular formula is C68H95Br14N18Na3O4S9. The number of likely N-dealkylation sites (N-methyl/N-ethyl adjacent to an activating group) is 2. The quantitative estimate of drug-likeness (QED) is 0.0619. The number of ether oxygens (including phenoxy) is 2. The maximum Gasteiger partial charge on any atom is 1.00 e. The van der Waals surface area contributed by atoms with Crippen molar-refractivity contribution >= 4 is 335 Å². The van der Waals surface area contributed by atoms with E-state index in [-0.39, 0.29) is 98.1 Å². The summed E-state index contributed by atoms with van der Waals surface area (Å²) < 4.78 is 24.3. The first-order chi connectivity index (χ1) is 54.2. The van der Waals surface area contributed by atoms with Gasteiger partial charge in [-0.15, -0.1) is 56.7 Å². The minimum absolute atomic E-state index is 0. The van der Waals surface area contributed by atoms with E-state index < -0.39 is 0 Å². The minimum atomic E-state index is 0. The van der Waals surface area contributed by atoms with Crippen molar-refractivity contribution in [1.82, 2.24) is 75.1 Å². The zero-order valence-electron chi connectivity index (χ0n) is 68.6.